The molecule has 1 aliphatic carbocycles. The summed E-state index contributed by atoms with van der Waals surface area (Å²) < 4.78 is 0. The van der Waals surface area contributed by atoms with Crippen molar-refractivity contribution in [2.45, 2.75) is 90.5 Å². The van der Waals surface area contributed by atoms with E-state index < -0.39 is 0 Å². The third-order valence-electron chi connectivity index (χ3n) is 8.12. The molecule has 0 fully saturated rings. The van der Waals surface area contributed by atoms with Crippen LogP contribution in [0.4, 0.5) is 17.1 Å². The van der Waals surface area contributed by atoms with Crippen molar-refractivity contribution in [1.82, 2.24) is 0 Å². The van der Waals surface area contributed by atoms with Gasteiger partial charge in [-0.05, 0) is 71.9 Å². The Balaban J connectivity index is 1.81. The summed E-state index contributed by atoms with van der Waals surface area (Å²) in [5.41, 5.74) is 10.9. The van der Waals surface area contributed by atoms with Gasteiger partial charge in [-0.25, -0.2) is 0 Å². The van der Waals surface area contributed by atoms with Crippen molar-refractivity contribution in [1.29, 1.82) is 0 Å². The molecule has 0 unspecified atom stereocenters. The van der Waals surface area contributed by atoms with Gasteiger partial charge in [0.25, 0.3) is 0 Å². The summed E-state index contributed by atoms with van der Waals surface area (Å²) in [6.07, 6.45) is 2.52. The summed E-state index contributed by atoms with van der Waals surface area (Å²) in [5, 5.41) is 0. The van der Waals surface area contributed by atoms with E-state index in [0.29, 0.717) is 6.04 Å². The topological polar surface area (TPSA) is 6.48 Å². The first-order chi connectivity index (χ1) is 13.4. The van der Waals surface area contributed by atoms with Crippen LogP contribution in [0.15, 0.2) is 30.3 Å². The van der Waals surface area contributed by atoms with Crippen LogP contribution in [0.3, 0.4) is 0 Å². The minimum Gasteiger partial charge on any atom is -0.349 e. The molecule has 154 valence electrons. The SMILES string of the molecule is CC(C)N1CN2c3cc4c(cc3C(C)(C)c3cccc1c32)C(C)(C)CCC4(C)C. The highest BCUT2D eigenvalue weighted by Gasteiger charge is 2.45. The fraction of sp³-hybridized carbons (Fsp3) is 0.556. The highest BCUT2D eigenvalue weighted by atomic mass is 15.4. The van der Waals surface area contributed by atoms with Gasteiger partial charge in [0.1, 0.15) is 0 Å². The highest BCUT2D eigenvalue weighted by Crippen LogP contribution is 2.58. The normalized spacial score (nSPS) is 22.4. The molecule has 0 saturated carbocycles. The van der Waals surface area contributed by atoms with E-state index in [1.54, 1.807) is 11.1 Å². The van der Waals surface area contributed by atoms with Crippen molar-refractivity contribution in [2.24, 2.45) is 0 Å². The lowest BCUT2D eigenvalue weighted by atomic mass is 9.61. The van der Waals surface area contributed by atoms with Crippen LogP contribution in [0.25, 0.3) is 0 Å². The first-order valence-corrected chi connectivity index (χ1v) is 11.3. The maximum absolute atomic E-state index is 2.60. The van der Waals surface area contributed by atoms with Gasteiger partial charge in [-0.1, -0.05) is 59.7 Å². The fourth-order valence-electron chi connectivity index (χ4n) is 5.96. The van der Waals surface area contributed by atoms with Crippen molar-refractivity contribution in [3.05, 3.63) is 52.6 Å². The molecular weight excluding hydrogens is 352 g/mol. The summed E-state index contributed by atoms with van der Waals surface area (Å²) in [7, 11) is 0. The van der Waals surface area contributed by atoms with Gasteiger partial charge in [-0.3, -0.25) is 0 Å². The molecule has 0 radical (unpaired) electrons. The second-order valence-electron chi connectivity index (χ2n) is 11.6. The average Bonchev–Trinajstić information content (AvgIpc) is 3.04. The van der Waals surface area contributed by atoms with Crippen molar-refractivity contribution in [3.8, 4) is 0 Å². The molecule has 2 heteroatoms. The molecule has 0 atom stereocenters. The molecule has 0 amide bonds. The number of anilines is 3. The monoisotopic (exact) mass is 388 g/mol. The van der Waals surface area contributed by atoms with E-state index in [0.717, 1.165) is 6.67 Å². The zero-order valence-electron chi connectivity index (χ0n) is 19.5. The molecule has 2 aromatic rings. The second-order valence-corrected chi connectivity index (χ2v) is 11.6. The Morgan fingerprint density at radius 1 is 0.759 bits per heavy atom. The lowest BCUT2D eigenvalue weighted by Crippen LogP contribution is -2.39. The van der Waals surface area contributed by atoms with Crippen molar-refractivity contribution >= 4 is 17.1 Å². The third kappa shape index (κ3) is 2.41. The van der Waals surface area contributed by atoms with Crippen LogP contribution >= 0.6 is 0 Å². The zero-order chi connectivity index (χ0) is 20.9. The number of nitrogens with zero attached hydrogens (tertiary/aromatic N) is 2. The molecule has 2 aliphatic heterocycles. The van der Waals surface area contributed by atoms with Crippen LogP contribution in [0.1, 0.15) is 90.5 Å². The molecule has 5 rings (SSSR count). The number of rotatable bonds is 1. The molecule has 2 nitrogen and oxygen atoms in total. The summed E-state index contributed by atoms with van der Waals surface area (Å²) in [4.78, 5) is 5.15. The summed E-state index contributed by atoms with van der Waals surface area (Å²) in [6.45, 7) is 20.2. The Morgan fingerprint density at radius 2 is 1.38 bits per heavy atom. The van der Waals surface area contributed by atoms with Crippen LogP contribution in [0.2, 0.25) is 0 Å². The molecule has 29 heavy (non-hydrogen) atoms. The van der Waals surface area contributed by atoms with Gasteiger partial charge in [0.15, 0.2) is 0 Å². The molecule has 2 aromatic carbocycles. The van der Waals surface area contributed by atoms with E-state index in [1.807, 2.05) is 0 Å². The van der Waals surface area contributed by atoms with E-state index in [4.69, 9.17) is 0 Å². The summed E-state index contributed by atoms with van der Waals surface area (Å²) in [6, 6.07) is 12.6. The molecule has 2 heterocycles. The van der Waals surface area contributed by atoms with Crippen LogP contribution in [-0.4, -0.2) is 12.7 Å². The Labute approximate surface area is 176 Å². The maximum atomic E-state index is 2.60. The van der Waals surface area contributed by atoms with E-state index in [-0.39, 0.29) is 16.2 Å². The van der Waals surface area contributed by atoms with Gasteiger partial charge in [0.05, 0.1) is 18.0 Å². The van der Waals surface area contributed by atoms with Gasteiger partial charge < -0.3 is 9.80 Å². The number of fused-ring (bicyclic) bond motifs is 3. The number of para-hydroxylation sites is 1. The molecule has 0 spiro atoms. The number of hydrogen-bond donors (Lipinski definition) is 0. The standard InChI is InChI=1S/C27H36N2/c1-17(2)28-16-29-23-15-20-19(25(3,4)12-13-26(20,5)6)14-21(23)27(7,8)18-10-9-11-22(28)24(18)29/h9-11,14-15,17H,12-13,16H2,1-8H3. The second kappa shape index (κ2) is 5.59. The van der Waals surface area contributed by atoms with Crippen LogP contribution in [0, 0.1) is 0 Å². The van der Waals surface area contributed by atoms with Crippen LogP contribution in [-0.2, 0) is 16.2 Å². The first kappa shape index (κ1) is 19.0. The molecular formula is C27H36N2. The van der Waals surface area contributed by atoms with Crippen molar-refractivity contribution < 1.29 is 0 Å². The average molecular weight is 389 g/mol. The van der Waals surface area contributed by atoms with E-state index in [1.165, 1.54) is 41.0 Å². The smallest absolute Gasteiger partial charge is 0.0955 e. The largest absolute Gasteiger partial charge is 0.349 e. The Kier molecular flexibility index (Phi) is 3.67. The van der Waals surface area contributed by atoms with Crippen LogP contribution in [0.5, 0.6) is 0 Å². The van der Waals surface area contributed by atoms with E-state index in [2.05, 4.69) is 95.5 Å². The molecule has 0 saturated heterocycles. The van der Waals surface area contributed by atoms with Gasteiger partial charge >= 0.3 is 0 Å². The summed E-state index contributed by atoms with van der Waals surface area (Å²) in [5.74, 6) is 0. The van der Waals surface area contributed by atoms with Crippen molar-refractivity contribution in [3.63, 3.8) is 0 Å². The molecule has 0 N–H and O–H groups in total. The molecule has 0 bridgehead atoms. The molecule has 0 aromatic heterocycles. The lowest BCUT2D eigenvalue weighted by Gasteiger charge is -2.46. The maximum Gasteiger partial charge on any atom is 0.0955 e. The van der Waals surface area contributed by atoms with Gasteiger partial charge in [-0.2, -0.15) is 0 Å². The third-order valence-corrected chi connectivity index (χ3v) is 8.12. The van der Waals surface area contributed by atoms with E-state index in [9.17, 15) is 0 Å². The fourth-order valence-corrected chi connectivity index (χ4v) is 5.96. The van der Waals surface area contributed by atoms with Gasteiger partial charge in [-0.15, -0.1) is 0 Å². The van der Waals surface area contributed by atoms with Gasteiger partial charge in [0, 0.05) is 17.1 Å². The highest BCUT2D eigenvalue weighted by molar-refractivity contribution is 5.91. The quantitative estimate of drug-likeness (QED) is 0.519. The summed E-state index contributed by atoms with van der Waals surface area (Å²) >= 11 is 0. The minimum absolute atomic E-state index is 0.0108. The number of hydrogen-bond acceptors (Lipinski definition) is 2. The number of benzene rings is 2. The Hall–Kier alpha value is -1.96. The molecule has 3 aliphatic rings. The van der Waals surface area contributed by atoms with Crippen LogP contribution < -0.4 is 9.80 Å². The Bertz CT molecular complexity index is 1010. The lowest BCUT2D eigenvalue weighted by molar-refractivity contribution is 0.331. The Morgan fingerprint density at radius 3 is 2.00 bits per heavy atom. The van der Waals surface area contributed by atoms with Crippen molar-refractivity contribution in [2.75, 3.05) is 16.5 Å². The minimum atomic E-state index is 0.0108. The zero-order valence-corrected chi connectivity index (χ0v) is 19.5. The van der Waals surface area contributed by atoms with Gasteiger partial charge in [0.2, 0.25) is 0 Å². The first-order valence-electron chi connectivity index (χ1n) is 11.3. The van der Waals surface area contributed by atoms with E-state index >= 15 is 0 Å². The predicted molar refractivity (Wildman–Crippen MR) is 125 cm³/mol. The predicted octanol–water partition coefficient (Wildman–Crippen LogP) is 7.00.